The van der Waals surface area contributed by atoms with Crippen molar-refractivity contribution in [3.05, 3.63) is 29.3 Å². The Morgan fingerprint density at radius 3 is 2.14 bits per heavy atom. The Hall–Kier alpha value is -1.33. The molecule has 1 nitrogen and oxygen atoms in total. The fourth-order valence-corrected chi connectivity index (χ4v) is 0.955. The predicted molar refractivity (Wildman–Crippen MR) is 40.8 cm³/mol. The lowest BCUT2D eigenvalue weighted by atomic mass is 10.1. The van der Waals surface area contributed by atoms with Crippen molar-refractivity contribution in [3.63, 3.8) is 0 Å². The van der Waals surface area contributed by atoms with E-state index in [1.54, 1.807) is 0 Å². The molecule has 1 aromatic carbocycles. The zero-order valence-corrected chi connectivity index (χ0v) is 6.78. The summed E-state index contributed by atoms with van der Waals surface area (Å²) in [5.74, 6) is 0. The molecule has 0 heterocycles. The molecule has 0 amide bonds. The van der Waals surface area contributed by atoms with E-state index in [1.807, 2.05) is 0 Å². The Morgan fingerprint density at radius 2 is 1.71 bits per heavy atom. The molecule has 0 aromatic heterocycles. The van der Waals surface area contributed by atoms with Crippen LogP contribution in [0.25, 0.3) is 0 Å². The van der Waals surface area contributed by atoms with Crippen LogP contribution in [0.5, 0.6) is 0 Å². The van der Waals surface area contributed by atoms with Crippen LogP contribution in [0.15, 0.2) is 18.2 Å². The standard InChI is InChI=1S/C8H6F5N/c9-7(10)4-1-2-6(14)5(3-4)8(11,12)13/h1-3,7H,14H2. The normalized spacial score (nSPS) is 12.1. The summed E-state index contributed by atoms with van der Waals surface area (Å²) in [6.45, 7) is 0. The van der Waals surface area contributed by atoms with E-state index in [0.29, 0.717) is 6.07 Å². The van der Waals surface area contributed by atoms with Gasteiger partial charge in [-0.05, 0) is 12.1 Å². The third kappa shape index (κ3) is 2.12. The molecule has 0 saturated heterocycles. The molecule has 0 atom stereocenters. The first kappa shape index (κ1) is 10.7. The summed E-state index contributed by atoms with van der Waals surface area (Å²) in [6.07, 6.45) is -7.63. The summed E-state index contributed by atoms with van der Waals surface area (Å²) in [7, 11) is 0. The van der Waals surface area contributed by atoms with Gasteiger partial charge >= 0.3 is 6.18 Å². The highest BCUT2D eigenvalue weighted by Crippen LogP contribution is 2.35. The van der Waals surface area contributed by atoms with E-state index in [2.05, 4.69) is 0 Å². The van der Waals surface area contributed by atoms with Crippen LogP contribution >= 0.6 is 0 Å². The molecule has 1 aromatic rings. The van der Waals surface area contributed by atoms with Crippen molar-refractivity contribution in [1.82, 2.24) is 0 Å². The SMILES string of the molecule is Nc1ccc(C(F)F)cc1C(F)(F)F. The number of alkyl halides is 5. The third-order valence-electron chi connectivity index (χ3n) is 1.63. The Kier molecular flexibility index (Phi) is 2.64. The molecule has 0 saturated carbocycles. The molecule has 2 N–H and O–H groups in total. The zero-order chi connectivity index (χ0) is 10.9. The minimum atomic E-state index is -4.70. The van der Waals surface area contributed by atoms with Crippen LogP contribution in [0.1, 0.15) is 17.6 Å². The number of hydrogen-bond donors (Lipinski definition) is 1. The molecule has 0 bridgehead atoms. The molecule has 0 spiro atoms. The Morgan fingerprint density at radius 1 is 1.14 bits per heavy atom. The number of halogens is 5. The van der Waals surface area contributed by atoms with Gasteiger partial charge < -0.3 is 5.73 Å². The molecule has 1 rings (SSSR count). The summed E-state index contributed by atoms with van der Waals surface area (Å²) in [5, 5.41) is 0. The van der Waals surface area contributed by atoms with E-state index in [0.717, 1.165) is 12.1 Å². The van der Waals surface area contributed by atoms with Gasteiger partial charge in [0.05, 0.1) is 5.56 Å². The third-order valence-corrected chi connectivity index (χ3v) is 1.63. The van der Waals surface area contributed by atoms with Crippen molar-refractivity contribution < 1.29 is 22.0 Å². The molecule has 0 fully saturated rings. The van der Waals surface area contributed by atoms with E-state index in [9.17, 15) is 22.0 Å². The van der Waals surface area contributed by atoms with Crippen molar-refractivity contribution in [2.75, 3.05) is 5.73 Å². The maximum absolute atomic E-state index is 12.2. The molecule has 0 radical (unpaired) electrons. The highest BCUT2D eigenvalue weighted by atomic mass is 19.4. The first-order chi connectivity index (χ1) is 6.32. The van der Waals surface area contributed by atoms with Gasteiger partial charge in [-0.2, -0.15) is 13.2 Å². The Labute approximate surface area is 76.3 Å². The molecule has 78 valence electrons. The topological polar surface area (TPSA) is 26.0 Å². The van der Waals surface area contributed by atoms with Gasteiger partial charge in [0.1, 0.15) is 0 Å². The lowest BCUT2D eigenvalue weighted by Gasteiger charge is -2.11. The van der Waals surface area contributed by atoms with Crippen molar-refractivity contribution in [1.29, 1.82) is 0 Å². The quantitative estimate of drug-likeness (QED) is 0.560. The van der Waals surface area contributed by atoms with Gasteiger partial charge in [0.25, 0.3) is 6.43 Å². The van der Waals surface area contributed by atoms with Gasteiger partial charge in [0.15, 0.2) is 0 Å². The number of rotatable bonds is 1. The van der Waals surface area contributed by atoms with E-state index < -0.39 is 29.4 Å². The lowest BCUT2D eigenvalue weighted by Crippen LogP contribution is -2.09. The maximum atomic E-state index is 12.2. The number of nitrogen functional groups attached to an aromatic ring is 1. The molecule has 0 aliphatic carbocycles. The second kappa shape index (κ2) is 3.43. The smallest absolute Gasteiger partial charge is 0.398 e. The van der Waals surface area contributed by atoms with Crippen molar-refractivity contribution in [2.24, 2.45) is 0 Å². The van der Waals surface area contributed by atoms with E-state index in [1.165, 1.54) is 0 Å². The van der Waals surface area contributed by atoms with Crippen molar-refractivity contribution in [3.8, 4) is 0 Å². The van der Waals surface area contributed by atoms with Gasteiger partial charge in [-0.3, -0.25) is 0 Å². The molecule has 0 aliphatic heterocycles. The van der Waals surface area contributed by atoms with E-state index in [4.69, 9.17) is 5.73 Å². The number of hydrogen-bond acceptors (Lipinski definition) is 1. The van der Waals surface area contributed by atoms with Crippen LogP contribution in [-0.2, 0) is 6.18 Å². The highest BCUT2D eigenvalue weighted by Gasteiger charge is 2.33. The summed E-state index contributed by atoms with van der Waals surface area (Å²) < 4.78 is 60.6. The lowest BCUT2D eigenvalue weighted by molar-refractivity contribution is -0.137. The fourth-order valence-electron chi connectivity index (χ4n) is 0.955. The monoisotopic (exact) mass is 211 g/mol. The van der Waals surface area contributed by atoms with Gasteiger partial charge in [-0.1, -0.05) is 6.07 Å². The van der Waals surface area contributed by atoms with Gasteiger partial charge in [-0.25, -0.2) is 8.78 Å². The summed E-state index contributed by atoms with van der Waals surface area (Å²) in [6, 6.07) is 2.06. The van der Waals surface area contributed by atoms with E-state index in [-0.39, 0.29) is 0 Å². The van der Waals surface area contributed by atoms with Crippen LogP contribution < -0.4 is 5.73 Å². The van der Waals surface area contributed by atoms with Crippen LogP contribution in [0.4, 0.5) is 27.6 Å². The zero-order valence-electron chi connectivity index (χ0n) is 6.78. The second-order valence-corrected chi connectivity index (χ2v) is 2.65. The van der Waals surface area contributed by atoms with Crippen LogP contribution in [0.3, 0.4) is 0 Å². The average Bonchev–Trinajstić information content (AvgIpc) is 2.02. The maximum Gasteiger partial charge on any atom is 0.418 e. The summed E-state index contributed by atoms with van der Waals surface area (Å²) >= 11 is 0. The van der Waals surface area contributed by atoms with Gasteiger partial charge in [-0.15, -0.1) is 0 Å². The average molecular weight is 211 g/mol. The number of anilines is 1. The summed E-state index contributed by atoms with van der Waals surface area (Å²) in [4.78, 5) is 0. The van der Waals surface area contributed by atoms with Crippen LogP contribution in [0.2, 0.25) is 0 Å². The Balaban J connectivity index is 3.22. The molecule has 0 unspecified atom stereocenters. The van der Waals surface area contributed by atoms with Crippen LogP contribution in [0, 0.1) is 0 Å². The van der Waals surface area contributed by atoms with E-state index >= 15 is 0 Å². The minimum absolute atomic E-state index is 0.361. The fraction of sp³-hybridized carbons (Fsp3) is 0.250. The summed E-state index contributed by atoms with van der Waals surface area (Å²) in [5.41, 5.74) is 2.54. The molecule has 0 aliphatic rings. The molecular formula is C8H6F5N. The van der Waals surface area contributed by atoms with Gasteiger partial charge in [0, 0.05) is 11.3 Å². The molecule has 6 heteroatoms. The number of benzene rings is 1. The van der Waals surface area contributed by atoms with Gasteiger partial charge in [0.2, 0.25) is 0 Å². The molecule has 14 heavy (non-hydrogen) atoms. The Bertz CT molecular complexity index is 331. The van der Waals surface area contributed by atoms with Crippen molar-refractivity contribution in [2.45, 2.75) is 12.6 Å². The highest BCUT2D eigenvalue weighted by molar-refractivity contribution is 5.50. The largest absolute Gasteiger partial charge is 0.418 e. The minimum Gasteiger partial charge on any atom is -0.398 e. The van der Waals surface area contributed by atoms with Crippen molar-refractivity contribution >= 4 is 5.69 Å². The first-order valence-corrected chi connectivity index (χ1v) is 3.57. The second-order valence-electron chi connectivity index (χ2n) is 2.65. The predicted octanol–water partition coefficient (Wildman–Crippen LogP) is 3.23. The first-order valence-electron chi connectivity index (χ1n) is 3.57. The number of nitrogens with two attached hydrogens (primary N) is 1. The molecular weight excluding hydrogens is 205 g/mol. The van der Waals surface area contributed by atoms with Crippen LogP contribution in [-0.4, -0.2) is 0 Å².